The van der Waals surface area contributed by atoms with Crippen molar-refractivity contribution in [2.75, 3.05) is 0 Å². The predicted octanol–water partition coefficient (Wildman–Crippen LogP) is 3.31. The first-order chi connectivity index (χ1) is 13.0. The smallest absolute Gasteiger partial charge is 0.265 e. The van der Waals surface area contributed by atoms with Crippen molar-refractivity contribution in [1.29, 1.82) is 0 Å². The molecule has 0 aliphatic heterocycles. The number of rotatable bonds is 2. The highest BCUT2D eigenvalue weighted by atomic mass is 16.2. The minimum absolute atomic E-state index is 0.109. The summed E-state index contributed by atoms with van der Waals surface area (Å²) in [5, 5.41) is 5.29. The average Bonchev–Trinajstić information content (AvgIpc) is 2.96. The van der Waals surface area contributed by atoms with Crippen molar-refractivity contribution in [2.45, 2.75) is 52.0 Å². The first kappa shape index (κ1) is 17.6. The van der Waals surface area contributed by atoms with Gasteiger partial charge in [0, 0.05) is 24.8 Å². The fraction of sp³-hybridized carbons (Fsp3) is 0.429. The summed E-state index contributed by atoms with van der Waals surface area (Å²) in [5.74, 6) is -0.109. The van der Waals surface area contributed by atoms with E-state index in [9.17, 15) is 4.79 Å². The maximum Gasteiger partial charge on any atom is 0.265 e. The van der Waals surface area contributed by atoms with Crippen LogP contribution in [0.1, 0.15) is 53.7 Å². The third kappa shape index (κ3) is 3.44. The second kappa shape index (κ2) is 7.10. The van der Waals surface area contributed by atoms with E-state index in [-0.39, 0.29) is 5.91 Å². The fourth-order valence-electron chi connectivity index (χ4n) is 3.82. The second-order valence-electron chi connectivity index (χ2n) is 7.46. The topological polar surface area (TPSA) is 65.1 Å². The monoisotopic (exact) mass is 363 g/mol. The van der Waals surface area contributed by atoms with Crippen molar-refractivity contribution < 1.29 is 4.79 Å². The van der Waals surface area contributed by atoms with Gasteiger partial charge < -0.3 is 0 Å². The van der Waals surface area contributed by atoms with Crippen molar-refractivity contribution in [3.05, 3.63) is 52.9 Å². The van der Waals surface area contributed by atoms with Crippen molar-refractivity contribution >= 4 is 16.9 Å². The zero-order chi connectivity index (χ0) is 19.0. The van der Waals surface area contributed by atoms with Crippen molar-refractivity contribution in [2.24, 2.45) is 12.0 Å². The molecule has 27 heavy (non-hydrogen) atoms. The van der Waals surface area contributed by atoms with Crippen LogP contribution in [0.5, 0.6) is 0 Å². The Kier molecular flexibility index (Phi) is 4.64. The summed E-state index contributed by atoms with van der Waals surface area (Å²) in [6.07, 6.45) is 9.37. The first-order valence-corrected chi connectivity index (χ1v) is 9.60. The minimum Gasteiger partial charge on any atom is -0.268 e. The Morgan fingerprint density at radius 2 is 1.96 bits per heavy atom. The molecule has 3 aromatic rings. The van der Waals surface area contributed by atoms with Gasteiger partial charge in [0.25, 0.3) is 5.91 Å². The molecule has 1 saturated carbocycles. The lowest BCUT2D eigenvalue weighted by Gasteiger charge is -2.18. The summed E-state index contributed by atoms with van der Waals surface area (Å²) in [6.45, 7) is 3.96. The first-order valence-electron chi connectivity index (χ1n) is 9.60. The lowest BCUT2D eigenvalue weighted by Crippen LogP contribution is -2.30. The van der Waals surface area contributed by atoms with E-state index in [1.807, 2.05) is 45.3 Å². The van der Waals surface area contributed by atoms with Gasteiger partial charge in [0.1, 0.15) is 5.49 Å². The van der Waals surface area contributed by atoms with Gasteiger partial charge in [-0.15, -0.1) is 0 Å². The summed E-state index contributed by atoms with van der Waals surface area (Å²) in [4.78, 5) is 22.6. The molecule has 0 atom stereocenters. The Morgan fingerprint density at radius 1 is 1.19 bits per heavy atom. The van der Waals surface area contributed by atoms with E-state index in [1.165, 1.54) is 19.3 Å². The minimum atomic E-state index is -0.109. The molecule has 3 aromatic heterocycles. The molecular weight excluding hydrogens is 338 g/mol. The molecule has 0 N–H and O–H groups in total. The zero-order valence-electron chi connectivity index (χ0n) is 16.1. The molecular formula is C21H25N5O. The predicted molar refractivity (Wildman–Crippen MR) is 105 cm³/mol. The van der Waals surface area contributed by atoms with Crippen LogP contribution < -0.4 is 5.49 Å². The SMILES string of the molecule is Cc1ccn(C(=O)c2cnc3c(c2)c(C)nn3C)c(=NC2CCCCC2)c1. The molecule has 0 bridgehead atoms. The Morgan fingerprint density at radius 3 is 2.74 bits per heavy atom. The molecule has 6 heteroatoms. The molecule has 0 amide bonds. The van der Waals surface area contributed by atoms with Gasteiger partial charge in [0.05, 0.1) is 17.3 Å². The highest BCUT2D eigenvalue weighted by molar-refractivity contribution is 5.98. The fourth-order valence-corrected chi connectivity index (χ4v) is 3.82. The normalized spacial score (nSPS) is 16.2. The van der Waals surface area contributed by atoms with E-state index in [1.54, 1.807) is 15.4 Å². The molecule has 140 valence electrons. The molecule has 0 unspecified atom stereocenters. The molecule has 1 fully saturated rings. The van der Waals surface area contributed by atoms with Gasteiger partial charge in [-0.25, -0.2) is 4.98 Å². The molecule has 3 heterocycles. The maximum absolute atomic E-state index is 13.2. The summed E-state index contributed by atoms with van der Waals surface area (Å²) in [6, 6.07) is 6.12. The highest BCUT2D eigenvalue weighted by Crippen LogP contribution is 2.20. The number of carbonyl (C=O) groups is 1. The maximum atomic E-state index is 13.2. The number of pyridine rings is 2. The Balaban J connectivity index is 1.77. The van der Waals surface area contributed by atoms with Gasteiger partial charge in [0.15, 0.2) is 5.65 Å². The number of hydrogen-bond donors (Lipinski definition) is 0. The van der Waals surface area contributed by atoms with Crippen LogP contribution in [-0.4, -0.2) is 31.3 Å². The Hall–Kier alpha value is -2.76. The van der Waals surface area contributed by atoms with Gasteiger partial charge in [-0.2, -0.15) is 5.10 Å². The van der Waals surface area contributed by atoms with Crippen LogP contribution in [0.15, 0.2) is 35.6 Å². The van der Waals surface area contributed by atoms with Crippen LogP contribution in [0.25, 0.3) is 11.0 Å². The molecule has 4 rings (SSSR count). The third-order valence-corrected chi connectivity index (χ3v) is 5.31. The molecule has 0 aromatic carbocycles. The number of aromatic nitrogens is 4. The molecule has 1 aliphatic carbocycles. The van der Waals surface area contributed by atoms with Crippen LogP contribution in [-0.2, 0) is 7.05 Å². The third-order valence-electron chi connectivity index (χ3n) is 5.31. The van der Waals surface area contributed by atoms with E-state index < -0.39 is 0 Å². The van der Waals surface area contributed by atoms with E-state index in [2.05, 4.69) is 10.1 Å². The Labute approximate surface area is 158 Å². The average molecular weight is 363 g/mol. The van der Waals surface area contributed by atoms with Gasteiger partial charge in [-0.3, -0.25) is 19.0 Å². The van der Waals surface area contributed by atoms with Crippen LogP contribution in [0, 0.1) is 13.8 Å². The zero-order valence-corrected chi connectivity index (χ0v) is 16.1. The molecule has 0 saturated heterocycles. The van der Waals surface area contributed by atoms with Crippen LogP contribution >= 0.6 is 0 Å². The van der Waals surface area contributed by atoms with Gasteiger partial charge in [-0.1, -0.05) is 19.3 Å². The molecule has 0 spiro atoms. The van der Waals surface area contributed by atoms with Gasteiger partial charge in [0.2, 0.25) is 0 Å². The summed E-state index contributed by atoms with van der Waals surface area (Å²) in [5.41, 5.74) is 4.04. The van der Waals surface area contributed by atoms with Gasteiger partial charge >= 0.3 is 0 Å². The standard InChI is InChI=1S/C21H25N5O/c1-14-9-10-26(19(11-14)23-17-7-5-4-6-8-17)21(27)16-12-18-15(2)24-25(3)20(18)22-13-16/h9-13,17H,4-8H2,1-3H3. The van der Waals surface area contributed by atoms with E-state index in [0.29, 0.717) is 11.6 Å². The van der Waals surface area contributed by atoms with E-state index in [0.717, 1.165) is 40.6 Å². The number of carbonyl (C=O) groups excluding carboxylic acids is 1. The van der Waals surface area contributed by atoms with Crippen LogP contribution in [0.4, 0.5) is 0 Å². The Bertz CT molecular complexity index is 1070. The van der Waals surface area contributed by atoms with Crippen LogP contribution in [0.3, 0.4) is 0 Å². The van der Waals surface area contributed by atoms with E-state index >= 15 is 0 Å². The quantitative estimate of drug-likeness (QED) is 0.702. The lowest BCUT2D eigenvalue weighted by molar-refractivity contribution is 0.0954. The van der Waals surface area contributed by atoms with Crippen molar-refractivity contribution in [3.8, 4) is 0 Å². The molecule has 1 aliphatic rings. The number of nitrogens with zero attached hydrogens (tertiary/aromatic N) is 5. The number of fused-ring (bicyclic) bond motifs is 1. The summed E-state index contributed by atoms with van der Waals surface area (Å²) >= 11 is 0. The van der Waals surface area contributed by atoms with E-state index in [4.69, 9.17) is 4.99 Å². The van der Waals surface area contributed by atoms with Crippen LogP contribution in [0.2, 0.25) is 0 Å². The number of hydrogen-bond acceptors (Lipinski definition) is 4. The van der Waals surface area contributed by atoms with Gasteiger partial charge in [-0.05, 0) is 50.5 Å². The summed E-state index contributed by atoms with van der Waals surface area (Å²) in [7, 11) is 1.86. The highest BCUT2D eigenvalue weighted by Gasteiger charge is 2.16. The van der Waals surface area contributed by atoms with Crippen molar-refractivity contribution in [3.63, 3.8) is 0 Å². The lowest BCUT2D eigenvalue weighted by atomic mass is 9.96. The largest absolute Gasteiger partial charge is 0.268 e. The second-order valence-corrected chi connectivity index (χ2v) is 7.46. The molecule has 6 nitrogen and oxygen atoms in total. The number of aryl methyl sites for hydroxylation is 3. The van der Waals surface area contributed by atoms with Crippen molar-refractivity contribution in [1.82, 2.24) is 19.3 Å². The molecule has 0 radical (unpaired) electrons. The summed E-state index contributed by atoms with van der Waals surface area (Å²) < 4.78 is 3.39.